The van der Waals surface area contributed by atoms with Gasteiger partial charge in [0.15, 0.2) is 0 Å². The van der Waals surface area contributed by atoms with Gasteiger partial charge in [0.2, 0.25) is 0 Å². The Morgan fingerprint density at radius 3 is 2.19 bits per heavy atom. The lowest BCUT2D eigenvalue weighted by molar-refractivity contribution is 0.543. The van der Waals surface area contributed by atoms with E-state index in [1.807, 2.05) is 18.2 Å². The summed E-state index contributed by atoms with van der Waals surface area (Å²) in [6.07, 6.45) is 0.727. The van der Waals surface area contributed by atoms with Crippen molar-refractivity contribution < 1.29 is 4.39 Å². The van der Waals surface area contributed by atoms with E-state index in [0.717, 1.165) is 31.6 Å². The van der Waals surface area contributed by atoms with Crippen LogP contribution >= 0.6 is 63.7 Å². The first-order valence-corrected chi connectivity index (χ1v) is 10.2. The number of rotatable bonds is 5. The molecule has 0 spiro atoms. The maximum Gasteiger partial charge on any atom is 0.123 e. The second-order valence-corrected chi connectivity index (χ2v) is 7.77. The van der Waals surface area contributed by atoms with Gasteiger partial charge in [0.25, 0.3) is 0 Å². The quantitative estimate of drug-likeness (QED) is 0.372. The van der Waals surface area contributed by atoms with E-state index in [1.54, 1.807) is 12.1 Å². The second-order valence-electron chi connectivity index (χ2n) is 4.94. The molecule has 0 atom stereocenters. The first-order chi connectivity index (χ1) is 10.0. The van der Waals surface area contributed by atoms with E-state index in [2.05, 4.69) is 69.8 Å². The van der Waals surface area contributed by atoms with E-state index in [-0.39, 0.29) is 11.2 Å². The standard InChI is InChI=1S/C16H13Br4F/c17-9-16(10-18,13-3-1-2-4-15(13)20)8-11-7-12(21)5-6-14(11)19/h1-7H,8-10H2. The summed E-state index contributed by atoms with van der Waals surface area (Å²) in [5, 5.41) is 1.55. The van der Waals surface area contributed by atoms with Gasteiger partial charge in [-0.25, -0.2) is 4.39 Å². The molecule has 0 N–H and O–H groups in total. The minimum absolute atomic E-state index is 0.156. The molecular formula is C16H13Br4F. The first kappa shape index (κ1) is 17.6. The van der Waals surface area contributed by atoms with Gasteiger partial charge in [0.1, 0.15) is 5.82 Å². The van der Waals surface area contributed by atoms with Gasteiger partial charge in [-0.1, -0.05) is 81.9 Å². The average Bonchev–Trinajstić information content (AvgIpc) is 2.49. The molecule has 112 valence electrons. The Balaban J connectivity index is 2.48. The van der Waals surface area contributed by atoms with Crippen molar-refractivity contribution in [3.63, 3.8) is 0 Å². The van der Waals surface area contributed by atoms with Crippen LogP contribution in [-0.2, 0) is 11.8 Å². The summed E-state index contributed by atoms with van der Waals surface area (Å²) >= 11 is 14.4. The van der Waals surface area contributed by atoms with E-state index in [4.69, 9.17) is 0 Å². The largest absolute Gasteiger partial charge is 0.207 e. The molecule has 0 aromatic heterocycles. The fraction of sp³-hybridized carbons (Fsp3) is 0.250. The Bertz CT molecular complexity index is 623. The molecule has 0 unspecified atom stereocenters. The molecule has 2 rings (SSSR count). The molecule has 2 aromatic rings. The van der Waals surface area contributed by atoms with Crippen LogP contribution in [0, 0.1) is 5.82 Å². The summed E-state index contributed by atoms with van der Waals surface area (Å²) in [7, 11) is 0. The summed E-state index contributed by atoms with van der Waals surface area (Å²) in [5.74, 6) is -0.210. The summed E-state index contributed by atoms with van der Waals surface area (Å²) in [5.41, 5.74) is 2.01. The number of halogens is 5. The maximum atomic E-state index is 13.6. The van der Waals surface area contributed by atoms with Crippen LogP contribution in [0.25, 0.3) is 0 Å². The van der Waals surface area contributed by atoms with Gasteiger partial charge in [-0.3, -0.25) is 0 Å². The van der Waals surface area contributed by atoms with Crippen LogP contribution in [0.15, 0.2) is 51.4 Å². The molecule has 5 heteroatoms. The second kappa shape index (κ2) is 7.71. The third-order valence-corrected chi connectivity index (χ3v) is 7.11. The van der Waals surface area contributed by atoms with Gasteiger partial charge < -0.3 is 0 Å². The van der Waals surface area contributed by atoms with E-state index in [0.29, 0.717) is 0 Å². The van der Waals surface area contributed by atoms with E-state index in [9.17, 15) is 4.39 Å². The van der Waals surface area contributed by atoms with Crippen molar-refractivity contribution in [1.29, 1.82) is 0 Å². The molecule has 0 aliphatic carbocycles. The monoisotopic (exact) mass is 540 g/mol. The SMILES string of the molecule is Fc1ccc(Br)c(CC(CBr)(CBr)c2ccccc2Br)c1. The van der Waals surface area contributed by atoms with Crippen LogP contribution in [0.2, 0.25) is 0 Å². The van der Waals surface area contributed by atoms with Crippen molar-refractivity contribution >= 4 is 63.7 Å². The molecule has 0 aliphatic heterocycles. The van der Waals surface area contributed by atoms with E-state index >= 15 is 0 Å². The van der Waals surface area contributed by atoms with Gasteiger partial charge in [-0.2, -0.15) is 0 Å². The number of hydrogen-bond acceptors (Lipinski definition) is 0. The third-order valence-electron chi connectivity index (χ3n) is 3.49. The van der Waals surface area contributed by atoms with Crippen molar-refractivity contribution in [1.82, 2.24) is 0 Å². The highest BCUT2D eigenvalue weighted by molar-refractivity contribution is 9.11. The van der Waals surface area contributed by atoms with Crippen LogP contribution in [0.4, 0.5) is 4.39 Å². The summed E-state index contributed by atoms with van der Waals surface area (Å²) in [4.78, 5) is 0. The normalized spacial score (nSPS) is 11.7. The molecule has 0 heterocycles. The lowest BCUT2D eigenvalue weighted by Crippen LogP contribution is -2.33. The molecule has 0 nitrogen and oxygen atoms in total. The zero-order valence-electron chi connectivity index (χ0n) is 11.1. The molecule has 21 heavy (non-hydrogen) atoms. The Hall–Kier alpha value is 0.290. The minimum Gasteiger partial charge on any atom is -0.207 e. The predicted molar refractivity (Wildman–Crippen MR) is 101 cm³/mol. The molecule has 0 aliphatic rings. The topological polar surface area (TPSA) is 0 Å². The third kappa shape index (κ3) is 3.98. The Morgan fingerprint density at radius 2 is 1.57 bits per heavy atom. The predicted octanol–water partition coefficient (Wildman–Crippen LogP) is 6.62. The van der Waals surface area contributed by atoms with Gasteiger partial charge in [0.05, 0.1) is 0 Å². The first-order valence-electron chi connectivity index (χ1n) is 6.33. The zero-order chi connectivity index (χ0) is 15.5. The molecule has 0 saturated carbocycles. The van der Waals surface area contributed by atoms with Crippen LogP contribution in [0.5, 0.6) is 0 Å². The fourth-order valence-corrected chi connectivity index (χ4v) is 5.33. The number of alkyl halides is 2. The molecular weight excluding hydrogens is 531 g/mol. The lowest BCUT2D eigenvalue weighted by Gasteiger charge is -2.32. The molecule has 0 fully saturated rings. The highest BCUT2D eigenvalue weighted by Crippen LogP contribution is 2.38. The van der Waals surface area contributed by atoms with Crippen LogP contribution in [0.3, 0.4) is 0 Å². The number of benzene rings is 2. The van der Waals surface area contributed by atoms with Crippen LogP contribution in [-0.4, -0.2) is 10.7 Å². The van der Waals surface area contributed by atoms with Gasteiger partial charge >= 0.3 is 0 Å². The van der Waals surface area contributed by atoms with Crippen molar-refractivity contribution in [3.8, 4) is 0 Å². The highest BCUT2D eigenvalue weighted by atomic mass is 79.9. The maximum absolute atomic E-state index is 13.6. The highest BCUT2D eigenvalue weighted by Gasteiger charge is 2.32. The Kier molecular flexibility index (Phi) is 6.48. The summed E-state index contributed by atoms with van der Waals surface area (Å²) in [6, 6.07) is 13.0. The van der Waals surface area contributed by atoms with Gasteiger partial charge in [0, 0.05) is 25.0 Å². The molecule has 0 saturated heterocycles. The average molecular weight is 544 g/mol. The minimum atomic E-state index is -0.210. The van der Waals surface area contributed by atoms with Gasteiger partial charge in [-0.15, -0.1) is 0 Å². The Labute approximate surface area is 158 Å². The van der Waals surface area contributed by atoms with Crippen molar-refractivity contribution in [2.75, 3.05) is 10.7 Å². The van der Waals surface area contributed by atoms with E-state index in [1.165, 1.54) is 11.6 Å². The van der Waals surface area contributed by atoms with Crippen LogP contribution in [0.1, 0.15) is 11.1 Å². The summed E-state index contributed by atoms with van der Waals surface area (Å²) in [6.45, 7) is 0. The summed E-state index contributed by atoms with van der Waals surface area (Å²) < 4.78 is 15.6. The van der Waals surface area contributed by atoms with Crippen molar-refractivity contribution in [2.45, 2.75) is 11.8 Å². The van der Waals surface area contributed by atoms with Crippen LogP contribution < -0.4 is 0 Å². The Morgan fingerprint density at radius 1 is 0.905 bits per heavy atom. The van der Waals surface area contributed by atoms with Crippen molar-refractivity contribution in [2.24, 2.45) is 0 Å². The lowest BCUT2D eigenvalue weighted by atomic mass is 9.79. The zero-order valence-corrected chi connectivity index (χ0v) is 17.4. The molecule has 0 bridgehead atoms. The molecule has 0 radical (unpaired) electrons. The molecule has 2 aromatic carbocycles. The smallest absolute Gasteiger partial charge is 0.123 e. The number of hydrogen-bond donors (Lipinski definition) is 0. The fourth-order valence-electron chi connectivity index (χ4n) is 2.30. The molecule has 0 amide bonds. The van der Waals surface area contributed by atoms with Crippen molar-refractivity contribution in [3.05, 3.63) is 68.4 Å². The van der Waals surface area contributed by atoms with E-state index < -0.39 is 0 Å². The van der Waals surface area contributed by atoms with Gasteiger partial charge in [-0.05, 0) is 41.8 Å².